The Balaban J connectivity index is 1.40. The lowest BCUT2D eigenvalue weighted by Crippen LogP contribution is -2.43. The summed E-state index contributed by atoms with van der Waals surface area (Å²) in [4.78, 5) is 29.2. The molecule has 2 amide bonds. The first-order chi connectivity index (χ1) is 13.7. The zero-order valence-electron chi connectivity index (χ0n) is 15.8. The van der Waals surface area contributed by atoms with E-state index in [-0.39, 0.29) is 41.5 Å². The molecule has 6 aliphatic rings. The molecule has 140 valence electrons. The number of hydrogen-bond donors (Lipinski definition) is 0. The van der Waals surface area contributed by atoms with Gasteiger partial charge >= 0.3 is 0 Å². The molecule has 0 radical (unpaired) electrons. The first-order valence-electron chi connectivity index (χ1n) is 10.8. The van der Waals surface area contributed by atoms with Gasteiger partial charge in [-0.25, -0.2) is 0 Å². The van der Waals surface area contributed by atoms with Gasteiger partial charge in [-0.1, -0.05) is 55.0 Å². The summed E-state index contributed by atoms with van der Waals surface area (Å²) in [5.41, 5.74) is 5.07. The Labute approximate surface area is 164 Å². The van der Waals surface area contributed by atoms with E-state index in [2.05, 4.69) is 48.5 Å². The van der Waals surface area contributed by atoms with Crippen molar-refractivity contribution in [2.75, 3.05) is 0 Å². The molecule has 28 heavy (non-hydrogen) atoms. The van der Waals surface area contributed by atoms with Crippen molar-refractivity contribution < 1.29 is 9.59 Å². The highest BCUT2D eigenvalue weighted by atomic mass is 16.2. The van der Waals surface area contributed by atoms with Crippen LogP contribution in [0.1, 0.15) is 59.8 Å². The lowest BCUT2D eigenvalue weighted by Gasteiger charge is -2.45. The summed E-state index contributed by atoms with van der Waals surface area (Å²) in [5.74, 6) is 1.15. The summed E-state index contributed by atoms with van der Waals surface area (Å²) in [6, 6.07) is 17.2. The van der Waals surface area contributed by atoms with Crippen LogP contribution >= 0.6 is 0 Å². The molecule has 0 N–H and O–H groups in total. The van der Waals surface area contributed by atoms with Crippen molar-refractivity contribution in [3.05, 3.63) is 70.8 Å². The standard InChI is InChI=1S/C25H23NO2/c27-24-22-20-15-5-1-2-6-16(15)21(18-8-4-3-7-17(18)20)23(22)25(28)26(24)19-12-13-9-10-14(19)11-13/h1-8,13-14,19-23H,9-12H2/t13-,14-,19-,20?,21?,22+,23+/m1/s1. The fourth-order valence-electron chi connectivity index (χ4n) is 7.55. The zero-order valence-corrected chi connectivity index (χ0v) is 15.8. The second kappa shape index (κ2) is 5.14. The van der Waals surface area contributed by atoms with Crippen molar-refractivity contribution in [1.82, 2.24) is 4.90 Å². The average molecular weight is 369 g/mol. The summed E-state index contributed by atoms with van der Waals surface area (Å²) in [7, 11) is 0. The molecule has 1 saturated heterocycles. The zero-order chi connectivity index (χ0) is 18.6. The quantitative estimate of drug-likeness (QED) is 0.711. The molecule has 3 heteroatoms. The van der Waals surface area contributed by atoms with Gasteiger partial charge in [0.2, 0.25) is 11.8 Å². The maximum absolute atomic E-state index is 13.7. The number of rotatable bonds is 1. The molecule has 3 fully saturated rings. The van der Waals surface area contributed by atoms with E-state index in [1.807, 2.05) is 0 Å². The van der Waals surface area contributed by atoms with Crippen LogP contribution in [0.5, 0.6) is 0 Å². The van der Waals surface area contributed by atoms with E-state index in [0.717, 1.165) is 12.3 Å². The first-order valence-corrected chi connectivity index (χ1v) is 10.8. The van der Waals surface area contributed by atoms with Gasteiger partial charge in [-0.2, -0.15) is 0 Å². The van der Waals surface area contributed by atoms with Crippen LogP contribution in [0, 0.1) is 23.7 Å². The van der Waals surface area contributed by atoms with E-state index in [1.165, 1.54) is 41.5 Å². The normalized spacial score (nSPS) is 39.3. The van der Waals surface area contributed by atoms with Gasteiger partial charge in [0.15, 0.2) is 0 Å². The van der Waals surface area contributed by atoms with Crippen molar-refractivity contribution in [3.63, 3.8) is 0 Å². The monoisotopic (exact) mass is 369 g/mol. The number of carbonyl (C=O) groups excluding carboxylic acids is 2. The predicted molar refractivity (Wildman–Crippen MR) is 105 cm³/mol. The number of benzene rings is 2. The van der Waals surface area contributed by atoms with Crippen LogP contribution in [0.2, 0.25) is 0 Å². The largest absolute Gasteiger partial charge is 0.279 e. The molecule has 2 aromatic rings. The fraction of sp³-hybridized carbons (Fsp3) is 0.440. The van der Waals surface area contributed by atoms with E-state index in [1.54, 1.807) is 4.90 Å². The third-order valence-electron chi connectivity index (χ3n) is 8.51. The molecule has 1 aliphatic heterocycles. The molecular weight excluding hydrogens is 346 g/mol. The van der Waals surface area contributed by atoms with Crippen LogP contribution in [0.3, 0.4) is 0 Å². The number of nitrogens with zero attached hydrogens (tertiary/aromatic N) is 1. The minimum Gasteiger partial charge on any atom is -0.279 e. The third-order valence-corrected chi connectivity index (χ3v) is 8.51. The highest BCUT2D eigenvalue weighted by Crippen LogP contribution is 2.62. The number of fused-ring (bicyclic) bond motifs is 2. The SMILES string of the molecule is O=C1[C@H]2C3c4ccccc4C(c4ccccc43)[C@@H]2C(=O)N1[C@@H]1C[C@@H]2CC[C@@H]1C2. The lowest BCUT2D eigenvalue weighted by atomic mass is 9.55. The maximum atomic E-state index is 13.7. The number of carbonyl (C=O) groups is 2. The van der Waals surface area contributed by atoms with Gasteiger partial charge in [-0.3, -0.25) is 14.5 Å². The molecule has 5 aliphatic carbocycles. The van der Waals surface area contributed by atoms with Gasteiger partial charge in [0.05, 0.1) is 11.8 Å². The Hall–Kier alpha value is -2.42. The predicted octanol–water partition coefficient (Wildman–Crippen LogP) is 4.07. The molecular formula is C25H23NO2. The van der Waals surface area contributed by atoms with Crippen LogP contribution < -0.4 is 0 Å². The van der Waals surface area contributed by atoms with Gasteiger partial charge in [-0.05, 0) is 53.4 Å². The number of amides is 2. The number of imide groups is 1. The second-order valence-electron chi connectivity index (χ2n) is 9.55. The Kier molecular flexibility index (Phi) is 2.84. The Morgan fingerprint density at radius 1 is 0.679 bits per heavy atom. The van der Waals surface area contributed by atoms with Crippen LogP contribution in [0.15, 0.2) is 48.5 Å². The van der Waals surface area contributed by atoms with Gasteiger partial charge < -0.3 is 0 Å². The topological polar surface area (TPSA) is 37.4 Å². The molecule has 5 atom stereocenters. The van der Waals surface area contributed by atoms with Crippen molar-refractivity contribution >= 4 is 11.8 Å². The molecule has 2 aromatic carbocycles. The van der Waals surface area contributed by atoms with Crippen molar-refractivity contribution in [2.24, 2.45) is 23.7 Å². The van der Waals surface area contributed by atoms with Crippen LogP contribution in [-0.4, -0.2) is 22.8 Å². The summed E-state index contributed by atoms with van der Waals surface area (Å²) >= 11 is 0. The fourth-order valence-corrected chi connectivity index (χ4v) is 7.55. The molecule has 8 rings (SSSR count). The van der Waals surface area contributed by atoms with Crippen molar-refractivity contribution in [1.29, 1.82) is 0 Å². The Morgan fingerprint density at radius 2 is 1.18 bits per heavy atom. The van der Waals surface area contributed by atoms with E-state index in [4.69, 9.17) is 0 Å². The van der Waals surface area contributed by atoms with Gasteiger partial charge in [0, 0.05) is 17.9 Å². The molecule has 4 bridgehead atoms. The van der Waals surface area contributed by atoms with Crippen LogP contribution in [0.4, 0.5) is 0 Å². The smallest absolute Gasteiger partial charge is 0.234 e. The van der Waals surface area contributed by atoms with Gasteiger partial charge in [0.25, 0.3) is 0 Å². The average Bonchev–Trinajstić information content (AvgIpc) is 3.42. The van der Waals surface area contributed by atoms with Gasteiger partial charge in [-0.15, -0.1) is 0 Å². The minimum absolute atomic E-state index is 0.0300. The van der Waals surface area contributed by atoms with E-state index in [9.17, 15) is 9.59 Å². The van der Waals surface area contributed by atoms with Gasteiger partial charge in [0.1, 0.15) is 0 Å². The highest BCUT2D eigenvalue weighted by Gasteiger charge is 2.63. The van der Waals surface area contributed by atoms with Crippen molar-refractivity contribution in [2.45, 2.75) is 43.6 Å². The number of hydrogen-bond acceptors (Lipinski definition) is 2. The summed E-state index contributed by atoms with van der Waals surface area (Å²) in [6.45, 7) is 0. The Morgan fingerprint density at radius 3 is 1.57 bits per heavy atom. The lowest BCUT2D eigenvalue weighted by molar-refractivity contribution is -0.144. The van der Waals surface area contributed by atoms with Crippen LogP contribution in [-0.2, 0) is 9.59 Å². The summed E-state index contributed by atoms with van der Waals surface area (Å²) < 4.78 is 0. The molecule has 0 unspecified atom stereocenters. The maximum Gasteiger partial charge on any atom is 0.234 e. The van der Waals surface area contributed by atoms with Crippen LogP contribution in [0.25, 0.3) is 0 Å². The van der Waals surface area contributed by atoms with E-state index >= 15 is 0 Å². The third kappa shape index (κ3) is 1.68. The number of likely N-dealkylation sites (tertiary alicyclic amines) is 1. The minimum atomic E-state index is -0.207. The van der Waals surface area contributed by atoms with E-state index < -0.39 is 0 Å². The van der Waals surface area contributed by atoms with E-state index in [0.29, 0.717) is 5.92 Å². The molecule has 1 heterocycles. The second-order valence-corrected chi connectivity index (χ2v) is 9.55. The highest BCUT2D eigenvalue weighted by molar-refractivity contribution is 6.08. The molecule has 0 aromatic heterocycles. The molecule has 2 saturated carbocycles. The Bertz CT molecular complexity index is 927. The van der Waals surface area contributed by atoms with Crippen molar-refractivity contribution in [3.8, 4) is 0 Å². The summed E-state index contributed by atoms with van der Waals surface area (Å²) in [5, 5.41) is 0. The first kappa shape index (κ1) is 15.5. The molecule has 0 spiro atoms. The molecule has 3 nitrogen and oxygen atoms in total. The summed E-state index contributed by atoms with van der Waals surface area (Å²) in [6.07, 6.45) is 4.72.